The fourth-order valence-corrected chi connectivity index (χ4v) is 2.64. The zero-order valence-electron chi connectivity index (χ0n) is 11.3. The maximum Gasteiger partial charge on any atom is 0.414 e. The maximum atomic E-state index is 11.5. The second kappa shape index (κ2) is 5.87. The molecule has 2 rings (SSSR count). The first kappa shape index (κ1) is 15.5. The number of nitro groups is 1. The van der Waals surface area contributed by atoms with Gasteiger partial charge in [0.2, 0.25) is 5.11 Å². The van der Waals surface area contributed by atoms with Gasteiger partial charge < -0.3 is 5.11 Å². The van der Waals surface area contributed by atoms with Crippen molar-refractivity contribution in [2.45, 2.75) is 13.0 Å². The van der Waals surface area contributed by atoms with E-state index in [1.54, 1.807) is 6.92 Å². The van der Waals surface area contributed by atoms with Crippen molar-refractivity contribution in [2.75, 3.05) is 0 Å². The highest BCUT2D eigenvalue weighted by Gasteiger charge is 2.40. The Balaban J connectivity index is 2.62. The lowest BCUT2D eigenvalue weighted by Crippen LogP contribution is -2.45. The number of non-ortho nitro benzene ring substituents is 1. The zero-order chi connectivity index (χ0) is 16.4. The Morgan fingerprint density at radius 3 is 2.82 bits per heavy atom. The van der Waals surface area contributed by atoms with Crippen LogP contribution in [-0.4, -0.2) is 31.8 Å². The molecule has 112 valence electrons. The molecule has 1 aliphatic heterocycles. The van der Waals surface area contributed by atoms with Gasteiger partial charge in [-0.05, 0) is 24.7 Å². The van der Waals surface area contributed by atoms with Crippen molar-refractivity contribution in [3.05, 3.63) is 39.9 Å². The third kappa shape index (κ3) is 2.64. The molecule has 0 bridgehead atoms. The number of nitriles is 1. The summed E-state index contributed by atoms with van der Waals surface area (Å²) >= 11 is 4.96. The summed E-state index contributed by atoms with van der Waals surface area (Å²) in [6.07, 6.45) is -1.36. The molecule has 2 unspecified atom stereocenters. The lowest BCUT2D eigenvalue weighted by molar-refractivity contribution is -0.385. The van der Waals surface area contributed by atoms with Crippen LogP contribution in [0.3, 0.4) is 0 Å². The van der Waals surface area contributed by atoms with Gasteiger partial charge in [-0.15, -0.1) is 0 Å². The highest BCUT2D eigenvalue weighted by Crippen LogP contribution is 2.35. The summed E-state index contributed by atoms with van der Waals surface area (Å²) in [7, 11) is 0. The number of benzene rings is 1. The highest BCUT2D eigenvalue weighted by atomic mass is 32.1. The van der Waals surface area contributed by atoms with Gasteiger partial charge in [0.1, 0.15) is 5.92 Å². The average Bonchev–Trinajstić information content (AvgIpc) is 2.46. The molecule has 0 radical (unpaired) electrons. The number of nitro benzene ring substituents is 1. The van der Waals surface area contributed by atoms with E-state index in [0.29, 0.717) is 11.3 Å². The fourth-order valence-electron chi connectivity index (χ4n) is 2.30. The van der Waals surface area contributed by atoms with Crippen LogP contribution in [0.4, 0.5) is 10.5 Å². The van der Waals surface area contributed by atoms with Crippen LogP contribution >= 0.6 is 12.2 Å². The first-order chi connectivity index (χ1) is 10.4. The Hall–Kier alpha value is -2.86. The van der Waals surface area contributed by atoms with Crippen LogP contribution in [0.15, 0.2) is 29.3 Å². The van der Waals surface area contributed by atoms with Gasteiger partial charge in [-0.1, -0.05) is 12.1 Å². The van der Waals surface area contributed by atoms with Crippen molar-refractivity contribution in [2.24, 2.45) is 10.9 Å². The lowest BCUT2D eigenvalue weighted by atomic mass is 9.88. The predicted molar refractivity (Wildman–Crippen MR) is 80.5 cm³/mol. The third-order valence-electron chi connectivity index (χ3n) is 3.29. The largest absolute Gasteiger partial charge is 0.465 e. The van der Waals surface area contributed by atoms with E-state index in [0.717, 1.165) is 4.90 Å². The predicted octanol–water partition coefficient (Wildman–Crippen LogP) is 2.52. The number of hydrogen-bond acceptors (Lipinski definition) is 5. The van der Waals surface area contributed by atoms with Gasteiger partial charge in [-0.25, -0.2) is 14.7 Å². The van der Waals surface area contributed by atoms with Gasteiger partial charge in [-0.2, -0.15) is 5.26 Å². The molecule has 1 N–H and O–H groups in total. The van der Waals surface area contributed by atoms with Crippen LogP contribution in [-0.2, 0) is 0 Å². The second-order valence-corrected chi connectivity index (χ2v) is 4.96. The van der Waals surface area contributed by atoms with E-state index < -0.39 is 23.0 Å². The number of rotatable bonds is 2. The Kier molecular flexibility index (Phi) is 4.14. The van der Waals surface area contributed by atoms with E-state index in [1.165, 1.54) is 24.3 Å². The topological polar surface area (TPSA) is 120 Å². The van der Waals surface area contributed by atoms with Gasteiger partial charge in [-0.3, -0.25) is 10.1 Å². The minimum Gasteiger partial charge on any atom is -0.465 e. The molecular weight excluding hydrogens is 308 g/mol. The van der Waals surface area contributed by atoms with Gasteiger partial charge in [0, 0.05) is 17.8 Å². The van der Waals surface area contributed by atoms with Crippen molar-refractivity contribution in [1.29, 1.82) is 5.26 Å². The summed E-state index contributed by atoms with van der Waals surface area (Å²) in [6.45, 7) is 1.57. The molecule has 0 fully saturated rings. The zero-order valence-corrected chi connectivity index (χ0v) is 12.1. The molecule has 1 amide bonds. The van der Waals surface area contributed by atoms with Crippen LogP contribution in [0.5, 0.6) is 0 Å². The SMILES string of the molecule is CC1=NC(=S)N(C(=O)O)C(c2cccc([N+](=O)[O-])c2)C1C#N. The Morgan fingerprint density at radius 2 is 2.27 bits per heavy atom. The van der Waals surface area contributed by atoms with E-state index >= 15 is 0 Å². The molecule has 22 heavy (non-hydrogen) atoms. The monoisotopic (exact) mass is 318 g/mol. The standard InChI is InChI=1S/C13H10N4O4S/c1-7-10(6-14)11(16(13(18)19)12(22)15-7)8-3-2-4-9(5-8)17(20)21/h2-5,10-11H,1H3,(H,18,19). The quantitative estimate of drug-likeness (QED) is 0.508. The minimum absolute atomic E-state index is 0.187. The van der Waals surface area contributed by atoms with Crippen LogP contribution in [0.1, 0.15) is 18.5 Å². The van der Waals surface area contributed by atoms with Gasteiger partial charge >= 0.3 is 6.09 Å². The summed E-state index contributed by atoms with van der Waals surface area (Å²) in [6, 6.07) is 6.52. The summed E-state index contributed by atoms with van der Waals surface area (Å²) in [5.74, 6) is -0.871. The molecule has 0 aromatic heterocycles. The van der Waals surface area contributed by atoms with Gasteiger partial charge in [0.15, 0.2) is 0 Å². The summed E-state index contributed by atoms with van der Waals surface area (Å²) in [4.78, 5) is 26.5. The van der Waals surface area contributed by atoms with Gasteiger partial charge in [0.05, 0.1) is 17.0 Å². The van der Waals surface area contributed by atoms with Crippen molar-refractivity contribution in [3.63, 3.8) is 0 Å². The Labute approximate surface area is 130 Å². The van der Waals surface area contributed by atoms with Crippen LogP contribution in [0.25, 0.3) is 0 Å². The smallest absolute Gasteiger partial charge is 0.414 e. The molecular formula is C13H10N4O4S. The second-order valence-electron chi connectivity index (χ2n) is 4.59. The van der Waals surface area contributed by atoms with Crippen LogP contribution in [0, 0.1) is 27.4 Å². The normalized spacial score (nSPS) is 21.0. The molecule has 8 nitrogen and oxygen atoms in total. The molecule has 1 aliphatic rings. The van der Waals surface area contributed by atoms with Crippen LogP contribution in [0.2, 0.25) is 0 Å². The first-order valence-corrected chi connectivity index (χ1v) is 6.53. The summed E-state index contributed by atoms with van der Waals surface area (Å²) in [5, 5.41) is 29.4. The number of aliphatic imine (C=N–C) groups is 1. The molecule has 0 spiro atoms. The maximum absolute atomic E-state index is 11.5. The molecule has 9 heteroatoms. The molecule has 0 saturated carbocycles. The van der Waals surface area contributed by atoms with Crippen molar-refractivity contribution >= 4 is 34.8 Å². The van der Waals surface area contributed by atoms with Crippen molar-refractivity contribution in [1.82, 2.24) is 4.90 Å². The molecule has 0 aliphatic carbocycles. The summed E-state index contributed by atoms with van der Waals surface area (Å²) in [5.41, 5.74) is 0.506. The average molecular weight is 318 g/mol. The number of carbonyl (C=O) groups is 1. The fraction of sp³-hybridized carbons (Fsp3) is 0.231. The first-order valence-electron chi connectivity index (χ1n) is 6.12. The number of amides is 1. The molecule has 1 aromatic carbocycles. The Morgan fingerprint density at radius 1 is 1.59 bits per heavy atom. The van der Waals surface area contributed by atoms with Gasteiger partial charge in [0.25, 0.3) is 5.69 Å². The molecule has 1 aromatic rings. The van der Waals surface area contributed by atoms with Crippen molar-refractivity contribution < 1.29 is 14.8 Å². The molecule has 2 atom stereocenters. The summed E-state index contributed by atoms with van der Waals surface area (Å²) < 4.78 is 0. The highest BCUT2D eigenvalue weighted by molar-refractivity contribution is 7.80. The van der Waals surface area contributed by atoms with E-state index in [9.17, 15) is 25.3 Å². The van der Waals surface area contributed by atoms with E-state index in [2.05, 4.69) is 4.99 Å². The molecule has 1 heterocycles. The number of thiocarbonyl (C=S) groups is 1. The number of nitrogens with zero attached hydrogens (tertiary/aromatic N) is 4. The Bertz CT molecular complexity index is 740. The number of hydrogen-bond donors (Lipinski definition) is 1. The van der Waals surface area contributed by atoms with Crippen molar-refractivity contribution in [3.8, 4) is 6.07 Å². The van der Waals surface area contributed by atoms with E-state index in [-0.39, 0.29) is 10.8 Å². The number of carboxylic acid groups (broad SMARTS) is 1. The van der Waals surface area contributed by atoms with Crippen LogP contribution < -0.4 is 0 Å². The minimum atomic E-state index is -1.36. The third-order valence-corrected chi connectivity index (χ3v) is 3.58. The van der Waals surface area contributed by atoms with E-state index in [4.69, 9.17) is 12.2 Å². The molecule has 0 saturated heterocycles. The van der Waals surface area contributed by atoms with E-state index in [1.807, 2.05) is 6.07 Å². The lowest BCUT2D eigenvalue weighted by Gasteiger charge is -2.35.